The molecule has 2 unspecified atom stereocenters. The van der Waals surface area contributed by atoms with Crippen molar-refractivity contribution in [3.63, 3.8) is 0 Å². The fourth-order valence-corrected chi connectivity index (χ4v) is 8.69. The van der Waals surface area contributed by atoms with Crippen LogP contribution in [0.4, 0.5) is 14.9 Å². The molecule has 2 aromatic carbocycles. The third-order valence-corrected chi connectivity index (χ3v) is 10.9. The van der Waals surface area contributed by atoms with Gasteiger partial charge in [0.2, 0.25) is 0 Å². The van der Waals surface area contributed by atoms with Crippen LogP contribution in [0.2, 0.25) is 0 Å². The molecule has 1 aromatic heterocycles. The minimum atomic E-state index is -3.94. The van der Waals surface area contributed by atoms with Crippen LogP contribution in [0.5, 0.6) is 5.75 Å². The Balaban J connectivity index is 1.52. The number of carbonyl (C=O) groups is 1. The maximum Gasteiger partial charge on any atom is 0.511 e. The van der Waals surface area contributed by atoms with Gasteiger partial charge < -0.3 is 14.7 Å². The molecule has 1 N–H and O–H groups in total. The molecule has 212 valence electrons. The summed E-state index contributed by atoms with van der Waals surface area (Å²) in [4.78, 5) is 18.0. The molecule has 1 saturated heterocycles. The Morgan fingerprint density at radius 3 is 2.40 bits per heavy atom. The quantitative estimate of drug-likeness (QED) is 0.228. The third-order valence-electron chi connectivity index (χ3n) is 8.50. The smallest absolute Gasteiger partial charge is 0.449 e. The van der Waals surface area contributed by atoms with E-state index in [0.29, 0.717) is 38.8 Å². The van der Waals surface area contributed by atoms with Crippen molar-refractivity contribution >= 4 is 21.9 Å². The molecule has 10 heteroatoms. The zero-order valence-electron chi connectivity index (χ0n) is 23.0. The third kappa shape index (κ3) is 5.30. The van der Waals surface area contributed by atoms with Crippen molar-refractivity contribution in [3.8, 4) is 5.75 Å². The van der Waals surface area contributed by atoms with Gasteiger partial charge in [-0.15, -0.1) is 0 Å². The highest BCUT2D eigenvalue weighted by Crippen LogP contribution is 2.47. The summed E-state index contributed by atoms with van der Waals surface area (Å²) in [7, 11) is -2.18. The molecule has 2 heterocycles. The summed E-state index contributed by atoms with van der Waals surface area (Å²) in [5, 5.41) is 9.15. The van der Waals surface area contributed by atoms with E-state index in [4.69, 9.17) is 9.84 Å². The summed E-state index contributed by atoms with van der Waals surface area (Å²) in [5.41, 5.74) is 4.86. The number of sulfonamides is 1. The lowest BCUT2D eigenvalue weighted by Crippen LogP contribution is -2.60. The number of nitrogens with zero attached hydrogens (tertiary/aromatic N) is 3. The van der Waals surface area contributed by atoms with E-state index in [1.54, 1.807) is 31.3 Å². The first-order valence-electron chi connectivity index (χ1n) is 13.5. The van der Waals surface area contributed by atoms with Gasteiger partial charge in [0.05, 0.1) is 7.05 Å². The summed E-state index contributed by atoms with van der Waals surface area (Å²) in [6, 6.07) is 14.5. The molecule has 0 amide bonds. The largest absolute Gasteiger partial charge is 0.511 e. The lowest BCUT2D eigenvalue weighted by Gasteiger charge is -2.47. The number of halogens is 1. The van der Waals surface area contributed by atoms with Gasteiger partial charge in [0.15, 0.2) is 0 Å². The van der Waals surface area contributed by atoms with Crippen LogP contribution in [0, 0.1) is 19.7 Å². The first kappa shape index (κ1) is 28.0. The fraction of sp³-hybridized carbons (Fsp3) is 0.400. The van der Waals surface area contributed by atoms with Crippen molar-refractivity contribution < 1.29 is 31.3 Å². The van der Waals surface area contributed by atoms with Gasteiger partial charge in [-0.3, -0.25) is 4.98 Å². The number of hydrogen-bond donors (Lipinski definition) is 1. The Morgan fingerprint density at radius 1 is 1.07 bits per heavy atom. The highest BCUT2D eigenvalue weighted by atomic mass is 32.2. The summed E-state index contributed by atoms with van der Waals surface area (Å²) >= 11 is 0. The van der Waals surface area contributed by atoms with Crippen molar-refractivity contribution in [2.75, 3.05) is 25.0 Å². The molecular formula is C30H35FN3O5S+. The standard InChI is InChI=1S/C30H34FN3O5S/c1-20-16-24(17-21(2)32-20)33-14-12-25(13-15-33)34(3,40(37,38)19-23-6-4-5-7-28(23)31)29-11-9-22-8-10-26(18-27(22)29)39-30(35)36/h4-8,10,16-18,25,29H,9,11-15,19H2,1-3H3/p+1. The van der Waals surface area contributed by atoms with E-state index in [0.717, 1.165) is 28.2 Å². The lowest BCUT2D eigenvalue weighted by atomic mass is 9.98. The Bertz CT molecular complexity index is 1520. The zero-order chi connectivity index (χ0) is 28.7. The highest BCUT2D eigenvalue weighted by molar-refractivity contribution is 7.85. The molecular weight excluding hydrogens is 533 g/mol. The van der Waals surface area contributed by atoms with Gasteiger partial charge >= 0.3 is 16.2 Å². The van der Waals surface area contributed by atoms with Gasteiger partial charge in [-0.1, -0.05) is 24.3 Å². The van der Waals surface area contributed by atoms with E-state index in [2.05, 4.69) is 9.88 Å². The SMILES string of the molecule is Cc1cc(N2CCC([N+](C)(C3CCc4ccc(OC(=O)O)cc43)S(=O)(=O)Cc3ccccc3F)CC2)cc(C)n1. The van der Waals surface area contributed by atoms with Gasteiger partial charge in [0.25, 0.3) is 0 Å². The van der Waals surface area contributed by atoms with Crippen molar-refractivity contribution in [3.05, 3.63) is 88.5 Å². The van der Waals surface area contributed by atoms with Gasteiger partial charge in [0, 0.05) is 60.6 Å². The van der Waals surface area contributed by atoms with Gasteiger partial charge in [-0.25, -0.2) is 13.1 Å². The van der Waals surface area contributed by atoms with Crippen LogP contribution in [0.1, 0.15) is 53.4 Å². The van der Waals surface area contributed by atoms with Crippen LogP contribution in [-0.4, -0.2) is 54.7 Å². The predicted molar refractivity (Wildman–Crippen MR) is 150 cm³/mol. The molecule has 3 aromatic rings. The molecule has 5 rings (SSSR count). The first-order chi connectivity index (χ1) is 19.0. The second-order valence-corrected chi connectivity index (χ2v) is 13.2. The average Bonchev–Trinajstić information content (AvgIpc) is 3.32. The number of hydrogen-bond acceptors (Lipinski definition) is 6. The molecule has 1 aliphatic heterocycles. The molecule has 8 nitrogen and oxygen atoms in total. The van der Waals surface area contributed by atoms with Crippen molar-refractivity contribution in [2.24, 2.45) is 0 Å². The second kappa shape index (κ2) is 10.8. The molecule has 0 spiro atoms. The number of anilines is 1. The Morgan fingerprint density at radius 2 is 1.75 bits per heavy atom. The summed E-state index contributed by atoms with van der Waals surface area (Å²) < 4.78 is 48.2. The molecule has 0 bridgehead atoms. The zero-order valence-corrected chi connectivity index (χ0v) is 23.8. The van der Waals surface area contributed by atoms with Crippen LogP contribution in [0.25, 0.3) is 0 Å². The van der Waals surface area contributed by atoms with E-state index < -0.39 is 33.8 Å². The summed E-state index contributed by atoms with van der Waals surface area (Å²) in [5.74, 6) is -0.801. The lowest BCUT2D eigenvalue weighted by molar-refractivity contribution is -0.846. The topological polar surface area (TPSA) is 96.8 Å². The van der Waals surface area contributed by atoms with E-state index in [1.165, 1.54) is 12.1 Å². The molecule has 1 fully saturated rings. The fourth-order valence-electron chi connectivity index (χ4n) is 6.51. The van der Waals surface area contributed by atoms with E-state index >= 15 is 0 Å². The molecule has 0 saturated carbocycles. The Hall–Kier alpha value is -3.50. The number of carboxylic acid groups (broad SMARTS) is 1. The van der Waals surface area contributed by atoms with Crippen molar-refractivity contribution in [1.29, 1.82) is 0 Å². The van der Waals surface area contributed by atoms with Crippen LogP contribution in [0.3, 0.4) is 0 Å². The minimum absolute atomic E-state index is 0.146. The molecule has 1 aliphatic carbocycles. The van der Waals surface area contributed by atoms with Crippen molar-refractivity contribution in [1.82, 2.24) is 4.98 Å². The molecule has 2 aliphatic rings. The van der Waals surface area contributed by atoms with E-state index in [9.17, 15) is 17.6 Å². The van der Waals surface area contributed by atoms with Crippen LogP contribution in [0.15, 0.2) is 54.6 Å². The molecule has 2 atom stereocenters. The number of ether oxygens (including phenoxy) is 1. The average molecular weight is 569 g/mol. The Labute approximate surface area is 234 Å². The highest BCUT2D eigenvalue weighted by Gasteiger charge is 2.53. The normalized spacial score (nSPS) is 19.2. The number of aryl methyl sites for hydroxylation is 3. The number of aromatic nitrogens is 1. The van der Waals surface area contributed by atoms with Crippen molar-refractivity contribution in [2.45, 2.75) is 57.4 Å². The predicted octanol–water partition coefficient (Wildman–Crippen LogP) is 5.53. The number of piperidine rings is 1. The van der Waals surface area contributed by atoms with Crippen LogP contribution in [-0.2, 0) is 22.2 Å². The van der Waals surface area contributed by atoms with Crippen LogP contribution >= 0.6 is 0 Å². The number of fused-ring (bicyclic) bond motifs is 1. The number of quaternary nitrogens is 1. The summed E-state index contributed by atoms with van der Waals surface area (Å²) in [6.07, 6.45) is 1.09. The van der Waals surface area contributed by atoms with E-state index in [1.807, 2.05) is 32.0 Å². The molecule has 40 heavy (non-hydrogen) atoms. The van der Waals surface area contributed by atoms with Crippen LogP contribution < -0.4 is 9.64 Å². The maximum atomic E-state index is 14.7. The molecule has 0 radical (unpaired) electrons. The minimum Gasteiger partial charge on any atom is -0.449 e. The monoisotopic (exact) mass is 568 g/mol. The van der Waals surface area contributed by atoms with Gasteiger partial charge in [-0.2, -0.15) is 8.42 Å². The second-order valence-electron chi connectivity index (χ2n) is 11.0. The number of benzene rings is 2. The number of rotatable bonds is 7. The number of pyridine rings is 1. The maximum absolute atomic E-state index is 14.7. The Kier molecular flexibility index (Phi) is 7.58. The summed E-state index contributed by atoms with van der Waals surface area (Å²) in [6.45, 7) is 5.29. The first-order valence-corrected chi connectivity index (χ1v) is 15.1. The van der Waals surface area contributed by atoms with Gasteiger partial charge in [-0.05, 0) is 56.2 Å². The van der Waals surface area contributed by atoms with E-state index in [-0.39, 0.29) is 21.2 Å². The van der Waals surface area contributed by atoms with Gasteiger partial charge in [0.1, 0.15) is 29.4 Å².